The molecule has 0 aromatic heterocycles. The van der Waals surface area contributed by atoms with Crippen LogP contribution in [0.15, 0.2) is 36.9 Å². The van der Waals surface area contributed by atoms with Crippen LogP contribution in [0.4, 0.5) is 0 Å². The molecule has 92 valence electrons. The molecule has 0 aliphatic rings. The van der Waals surface area contributed by atoms with Gasteiger partial charge in [-0.25, -0.2) is 0 Å². The smallest absolute Gasteiger partial charge is 0.261 e. The van der Waals surface area contributed by atoms with Crippen molar-refractivity contribution in [2.45, 2.75) is 13.0 Å². The first-order chi connectivity index (χ1) is 8.17. The highest BCUT2D eigenvalue weighted by molar-refractivity contribution is 5.80. The van der Waals surface area contributed by atoms with Crippen molar-refractivity contribution in [1.82, 2.24) is 5.32 Å². The summed E-state index contributed by atoms with van der Waals surface area (Å²) < 4.78 is 10.6. The fourth-order valence-electron chi connectivity index (χ4n) is 1.25. The van der Waals surface area contributed by atoms with Crippen LogP contribution in [0.1, 0.15) is 6.92 Å². The summed E-state index contributed by atoms with van der Waals surface area (Å²) >= 11 is 0. The number of methoxy groups -OCH3 is 1. The summed E-state index contributed by atoms with van der Waals surface area (Å²) in [5, 5.41) is 2.67. The number of carbonyl (C=O) groups excluding carboxylic acids is 1. The standard InChI is InChI=1S/C13H17NO3/c1-4-8-14-13(15)10(2)17-12-7-5-6-11(9-12)16-3/h4-7,9-10H,1,8H2,2-3H3,(H,14,15)/t10-/m1/s1. The Balaban J connectivity index is 2.57. The lowest BCUT2D eigenvalue weighted by atomic mass is 10.3. The fraction of sp³-hybridized carbons (Fsp3) is 0.308. The molecule has 17 heavy (non-hydrogen) atoms. The second-order valence-electron chi connectivity index (χ2n) is 3.47. The highest BCUT2D eigenvalue weighted by Gasteiger charge is 2.13. The lowest BCUT2D eigenvalue weighted by Gasteiger charge is -2.14. The van der Waals surface area contributed by atoms with Crippen LogP contribution < -0.4 is 14.8 Å². The highest BCUT2D eigenvalue weighted by Crippen LogP contribution is 2.19. The molecule has 4 heteroatoms. The van der Waals surface area contributed by atoms with E-state index in [1.165, 1.54) is 0 Å². The monoisotopic (exact) mass is 235 g/mol. The zero-order valence-corrected chi connectivity index (χ0v) is 10.1. The number of carbonyl (C=O) groups is 1. The lowest BCUT2D eigenvalue weighted by molar-refractivity contribution is -0.127. The topological polar surface area (TPSA) is 47.6 Å². The number of hydrogen-bond donors (Lipinski definition) is 1. The molecule has 1 aromatic carbocycles. The molecule has 0 heterocycles. The van der Waals surface area contributed by atoms with Gasteiger partial charge in [-0.2, -0.15) is 0 Å². The quantitative estimate of drug-likeness (QED) is 0.764. The minimum Gasteiger partial charge on any atom is -0.497 e. The third-order valence-corrected chi connectivity index (χ3v) is 2.14. The zero-order chi connectivity index (χ0) is 12.7. The van der Waals surface area contributed by atoms with Crippen molar-refractivity contribution >= 4 is 5.91 Å². The van der Waals surface area contributed by atoms with Crippen molar-refractivity contribution in [3.05, 3.63) is 36.9 Å². The summed E-state index contributed by atoms with van der Waals surface area (Å²) in [5.74, 6) is 1.12. The second-order valence-corrected chi connectivity index (χ2v) is 3.47. The van der Waals surface area contributed by atoms with Crippen LogP contribution in [-0.4, -0.2) is 25.7 Å². The average molecular weight is 235 g/mol. The van der Waals surface area contributed by atoms with Crippen LogP contribution in [0.25, 0.3) is 0 Å². The Labute approximate surface area is 101 Å². The summed E-state index contributed by atoms with van der Waals surface area (Å²) in [6.07, 6.45) is 1.07. The molecule has 1 aromatic rings. The Morgan fingerprint density at radius 3 is 2.88 bits per heavy atom. The molecule has 0 unspecified atom stereocenters. The molecule has 0 radical (unpaired) electrons. The summed E-state index contributed by atoms with van der Waals surface area (Å²) in [7, 11) is 1.58. The number of rotatable bonds is 6. The molecular formula is C13H17NO3. The molecule has 0 fully saturated rings. The molecule has 0 bridgehead atoms. The van der Waals surface area contributed by atoms with Crippen molar-refractivity contribution in [2.75, 3.05) is 13.7 Å². The maximum absolute atomic E-state index is 11.5. The van der Waals surface area contributed by atoms with E-state index in [1.807, 2.05) is 12.1 Å². The molecule has 1 amide bonds. The summed E-state index contributed by atoms with van der Waals surface area (Å²) in [6, 6.07) is 7.13. The van der Waals surface area contributed by atoms with E-state index in [9.17, 15) is 4.79 Å². The van der Waals surface area contributed by atoms with Crippen LogP contribution in [0, 0.1) is 0 Å². The van der Waals surface area contributed by atoms with Gasteiger partial charge in [0, 0.05) is 12.6 Å². The Bertz CT molecular complexity index is 390. The largest absolute Gasteiger partial charge is 0.497 e. The Hall–Kier alpha value is -1.97. The SMILES string of the molecule is C=CCNC(=O)[C@@H](C)Oc1cccc(OC)c1. The van der Waals surface area contributed by atoms with E-state index < -0.39 is 6.10 Å². The van der Waals surface area contributed by atoms with Gasteiger partial charge < -0.3 is 14.8 Å². The van der Waals surface area contributed by atoms with Crippen LogP contribution in [0.2, 0.25) is 0 Å². The second kappa shape index (κ2) is 6.58. The molecular weight excluding hydrogens is 218 g/mol. The Morgan fingerprint density at radius 2 is 2.24 bits per heavy atom. The maximum Gasteiger partial charge on any atom is 0.261 e. The maximum atomic E-state index is 11.5. The minimum absolute atomic E-state index is 0.173. The van der Waals surface area contributed by atoms with E-state index in [0.29, 0.717) is 18.0 Å². The van der Waals surface area contributed by atoms with E-state index in [4.69, 9.17) is 9.47 Å². The normalized spacial score (nSPS) is 11.4. The van der Waals surface area contributed by atoms with Gasteiger partial charge in [0.2, 0.25) is 0 Å². The molecule has 0 aliphatic heterocycles. The van der Waals surface area contributed by atoms with Crippen molar-refractivity contribution in [3.63, 3.8) is 0 Å². The van der Waals surface area contributed by atoms with E-state index in [1.54, 1.807) is 32.2 Å². The van der Waals surface area contributed by atoms with Gasteiger partial charge in [0.15, 0.2) is 6.10 Å². The van der Waals surface area contributed by atoms with Crippen molar-refractivity contribution in [1.29, 1.82) is 0 Å². The zero-order valence-electron chi connectivity index (χ0n) is 10.1. The van der Waals surface area contributed by atoms with E-state index >= 15 is 0 Å². The first kappa shape index (κ1) is 13.1. The van der Waals surface area contributed by atoms with E-state index in [0.717, 1.165) is 0 Å². The first-order valence-electron chi connectivity index (χ1n) is 5.36. The molecule has 0 aliphatic carbocycles. The summed E-state index contributed by atoms with van der Waals surface area (Å²) in [4.78, 5) is 11.5. The summed E-state index contributed by atoms with van der Waals surface area (Å²) in [5.41, 5.74) is 0. The van der Waals surface area contributed by atoms with E-state index in [2.05, 4.69) is 11.9 Å². The Kier molecular flexibility index (Phi) is 5.07. The van der Waals surface area contributed by atoms with Gasteiger partial charge >= 0.3 is 0 Å². The van der Waals surface area contributed by atoms with Gasteiger partial charge in [0.05, 0.1) is 7.11 Å². The van der Waals surface area contributed by atoms with Gasteiger partial charge in [-0.05, 0) is 19.1 Å². The number of ether oxygens (including phenoxy) is 2. The fourth-order valence-corrected chi connectivity index (χ4v) is 1.25. The summed E-state index contributed by atoms with van der Waals surface area (Å²) in [6.45, 7) is 5.65. The van der Waals surface area contributed by atoms with Crippen LogP contribution in [-0.2, 0) is 4.79 Å². The molecule has 1 rings (SSSR count). The number of amides is 1. The Morgan fingerprint density at radius 1 is 1.53 bits per heavy atom. The van der Waals surface area contributed by atoms with Crippen molar-refractivity contribution in [2.24, 2.45) is 0 Å². The van der Waals surface area contributed by atoms with Gasteiger partial charge in [-0.15, -0.1) is 6.58 Å². The third-order valence-electron chi connectivity index (χ3n) is 2.14. The predicted molar refractivity (Wildman–Crippen MR) is 66.3 cm³/mol. The van der Waals surface area contributed by atoms with Crippen LogP contribution >= 0.6 is 0 Å². The lowest BCUT2D eigenvalue weighted by Crippen LogP contribution is -2.36. The van der Waals surface area contributed by atoms with Crippen LogP contribution in [0.5, 0.6) is 11.5 Å². The molecule has 0 saturated heterocycles. The molecule has 4 nitrogen and oxygen atoms in total. The number of nitrogens with one attached hydrogen (secondary N) is 1. The molecule has 1 N–H and O–H groups in total. The van der Waals surface area contributed by atoms with Crippen molar-refractivity contribution < 1.29 is 14.3 Å². The number of benzene rings is 1. The predicted octanol–water partition coefficient (Wildman–Crippen LogP) is 1.76. The molecule has 1 atom stereocenters. The molecule has 0 spiro atoms. The minimum atomic E-state index is -0.554. The number of hydrogen-bond acceptors (Lipinski definition) is 3. The third kappa shape index (κ3) is 4.18. The van der Waals surface area contributed by atoms with Gasteiger partial charge in [0.1, 0.15) is 11.5 Å². The molecule has 0 saturated carbocycles. The van der Waals surface area contributed by atoms with Crippen LogP contribution in [0.3, 0.4) is 0 Å². The van der Waals surface area contributed by atoms with Gasteiger partial charge in [0.25, 0.3) is 5.91 Å². The van der Waals surface area contributed by atoms with E-state index in [-0.39, 0.29) is 5.91 Å². The van der Waals surface area contributed by atoms with Crippen molar-refractivity contribution in [3.8, 4) is 11.5 Å². The van der Waals surface area contributed by atoms with Gasteiger partial charge in [-0.1, -0.05) is 12.1 Å². The average Bonchev–Trinajstić information content (AvgIpc) is 2.36. The first-order valence-corrected chi connectivity index (χ1v) is 5.36. The highest BCUT2D eigenvalue weighted by atomic mass is 16.5. The van der Waals surface area contributed by atoms with Gasteiger partial charge in [-0.3, -0.25) is 4.79 Å².